The molecule has 100 valence electrons. The Balaban J connectivity index is 2.10. The minimum Gasteiger partial charge on any atom is -0.390 e. The van der Waals surface area contributed by atoms with Crippen LogP contribution in [0.5, 0.6) is 0 Å². The highest BCUT2D eigenvalue weighted by Gasteiger charge is 2.19. The van der Waals surface area contributed by atoms with Gasteiger partial charge in [-0.25, -0.2) is 0 Å². The van der Waals surface area contributed by atoms with Crippen molar-refractivity contribution in [3.05, 3.63) is 69.7 Å². The zero-order valence-corrected chi connectivity index (χ0v) is 11.6. The highest BCUT2D eigenvalue weighted by molar-refractivity contribution is 6.35. The second-order valence-corrected chi connectivity index (χ2v) is 5.21. The molecular weight excluding hydrogens is 283 g/mol. The van der Waals surface area contributed by atoms with Gasteiger partial charge in [-0.3, -0.25) is 0 Å². The fourth-order valence-electron chi connectivity index (χ4n) is 1.90. The van der Waals surface area contributed by atoms with Crippen LogP contribution in [-0.2, 0) is 6.42 Å². The van der Waals surface area contributed by atoms with Gasteiger partial charge in [0.2, 0.25) is 0 Å². The summed E-state index contributed by atoms with van der Waals surface area (Å²) in [6, 6.07) is 14.1. The molecule has 2 atom stereocenters. The van der Waals surface area contributed by atoms with Crippen molar-refractivity contribution in [2.24, 2.45) is 0 Å². The minimum absolute atomic E-state index is 0.270. The van der Waals surface area contributed by atoms with E-state index in [0.717, 1.165) is 5.56 Å². The second-order valence-electron chi connectivity index (χ2n) is 4.36. The van der Waals surface area contributed by atoms with Gasteiger partial charge in [-0.1, -0.05) is 59.6 Å². The van der Waals surface area contributed by atoms with Crippen LogP contribution in [0.4, 0.5) is 0 Å². The van der Waals surface area contributed by atoms with E-state index in [1.807, 2.05) is 18.2 Å². The number of aliphatic hydroxyl groups excluding tert-OH is 2. The van der Waals surface area contributed by atoms with Gasteiger partial charge in [0.25, 0.3) is 0 Å². The Kier molecular flexibility index (Phi) is 4.83. The molecule has 19 heavy (non-hydrogen) atoms. The number of hydrogen-bond donors (Lipinski definition) is 2. The van der Waals surface area contributed by atoms with Crippen LogP contribution in [-0.4, -0.2) is 16.3 Å². The van der Waals surface area contributed by atoms with E-state index in [9.17, 15) is 10.2 Å². The molecule has 2 nitrogen and oxygen atoms in total. The third kappa shape index (κ3) is 3.71. The van der Waals surface area contributed by atoms with Crippen LogP contribution < -0.4 is 0 Å². The van der Waals surface area contributed by atoms with E-state index in [2.05, 4.69) is 0 Å². The van der Waals surface area contributed by atoms with Crippen LogP contribution >= 0.6 is 23.2 Å². The fourth-order valence-corrected chi connectivity index (χ4v) is 2.38. The van der Waals surface area contributed by atoms with Gasteiger partial charge in [-0.15, -0.1) is 0 Å². The Morgan fingerprint density at radius 3 is 2.26 bits per heavy atom. The van der Waals surface area contributed by atoms with Crippen LogP contribution in [0.3, 0.4) is 0 Å². The molecule has 0 fully saturated rings. The van der Waals surface area contributed by atoms with E-state index in [4.69, 9.17) is 23.2 Å². The van der Waals surface area contributed by atoms with Crippen molar-refractivity contribution in [3.8, 4) is 0 Å². The smallest absolute Gasteiger partial charge is 0.105 e. The predicted molar refractivity (Wildman–Crippen MR) is 77.6 cm³/mol. The van der Waals surface area contributed by atoms with Crippen molar-refractivity contribution >= 4 is 23.2 Å². The maximum absolute atomic E-state index is 10.1. The Hall–Kier alpha value is -1.06. The summed E-state index contributed by atoms with van der Waals surface area (Å²) in [6.07, 6.45) is -1.58. The summed E-state index contributed by atoms with van der Waals surface area (Å²) in [6.45, 7) is 0. The molecule has 2 rings (SSSR count). The highest BCUT2D eigenvalue weighted by Crippen LogP contribution is 2.25. The molecule has 4 heteroatoms. The Morgan fingerprint density at radius 2 is 1.63 bits per heavy atom. The zero-order chi connectivity index (χ0) is 13.8. The number of rotatable bonds is 4. The van der Waals surface area contributed by atoms with Gasteiger partial charge < -0.3 is 10.2 Å². The summed E-state index contributed by atoms with van der Waals surface area (Å²) in [4.78, 5) is 0. The van der Waals surface area contributed by atoms with Gasteiger partial charge in [0.1, 0.15) is 6.10 Å². The molecule has 0 bridgehead atoms. The van der Waals surface area contributed by atoms with Crippen molar-refractivity contribution in [2.75, 3.05) is 0 Å². The van der Waals surface area contributed by atoms with Gasteiger partial charge >= 0.3 is 0 Å². The molecule has 0 amide bonds. The first-order valence-corrected chi connectivity index (χ1v) is 6.68. The van der Waals surface area contributed by atoms with Crippen molar-refractivity contribution in [3.63, 3.8) is 0 Å². The molecule has 2 unspecified atom stereocenters. The SMILES string of the molecule is OC(Cc1ccc(Cl)cc1Cl)C(O)c1ccccc1. The van der Waals surface area contributed by atoms with Gasteiger partial charge in [0.15, 0.2) is 0 Å². The summed E-state index contributed by atoms with van der Waals surface area (Å²) < 4.78 is 0. The average Bonchev–Trinajstić information content (AvgIpc) is 2.42. The largest absolute Gasteiger partial charge is 0.390 e. The molecule has 0 aromatic heterocycles. The normalized spacial score (nSPS) is 14.1. The van der Waals surface area contributed by atoms with E-state index in [1.54, 1.807) is 30.3 Å². The van der Waals surface area contributed by atoms with E-state index in [1.165, 1.54) is 0 Å². The lowest BCUT2D eigenvalue weighted by Gasteiger charge is -2.18. The maximum atomic E-state index is 10.1. The number of halogens is 2. The van der Waals surface area contributed by atoms with Gasteiger partial charge in [-0.2, -0.15) is 0 Å². The van der Waals surface area contributed by atoms with Gasteiger partial charge in [0, 0.05) is 16.5 Å². The summed E-state index contributed by atoms with van der Waals surface area (Å²) in [7, 11) is 0. The molecule has 0 aliphatic carbocycles. The lowest BCUT2D eigenvalue weighted by Crippen LogP contribution is -2.21. The average molecular weight is 297 g/mol. The van der Waals surface area contributed by atoms with Crippen LogP contribution in [0.15, 0.2) is 48.5 Å². The molecule has 0 saturated carbocycles. The van der Waals surface area contributed by atoms with Crippen molar-refractivity contribution in [1.82, 2.24) is 0 Å². The maximum Gasteiger partial charge on any atom is 0.105 e. The summed E-state index contributed by atoms with van der Waals surface area (Å²) in [5, 5.41) is 21.2. The second kappa shape index (κ2) is 6.40. The molecule has 2 N–H and O–H groups in total. The molecule has 0 saturated heterocycles. The molecule has 0 aliphatic rings. The molecule has 2 aromatic carbocycles. The third-order valence-electron chi connectivity index (χ3n) is 2.95. The van der Waals surface area contributed by atoms with E-state index < -0.39 is 12.2 Å². The first-order chi connectivity index (χ1) is 9.08. The van der Waals surface area contributed by atoms with Crippen LogP contribution in [0, 0.1) is 0 Å². The quantitative estimate of drug-likeness (QED) is 0.904. The van der Waals surface area contributed by atoms with Crippen molar-refractivity contribution < 1.29 is 10.2 Å². The first-order valence-electron chi connectivity index (χ1n) is 5.93. The molecule has 0 spiro atoms. The summed E-state index contributed by atoms with van der Waals surface area (Å²) in [5.74, 6) is 0. The molecule has 0 radical (unpaired) electrons. The standard InChI is InChI=1S/C15H14Cl2O2/c16-12-7-6-11(13(17)9-12)8-14(18)15(19)10-4-2-1-3-5-10/h1-7,9,14-15,18-19H,8H2. The Morgan fingerprint density at radius 1 is 0.947 bits per heavy atom. The molecule has 2 aromatic rings. The van der Waals surface area contributed by atoms with Gasteiger partial charge in [-0.05, 0) is 23.3 Å². The Labute approximate surface area is 122 Å². The molecule has 0 heterocycles. The zero-order valence-electron chi connectivity index (χ0n) is 10.1. The minimum atomic E-state index is -0.937. The van der Waals surface area contributed by atoms with E-state index in [-0.39, 0.29) is 6.42 Å². The highest BCUT2D eigenvalue weighted by atomic mass is 35.5. The number of hydrogen-bond acceptors (Lipinski definition) is 2. The third-order valence-corrected chi connectivity index (χ3v) is 3.54. The summed E-state index contributed by atoms with van der Waals surface area (Å²) >= 11 is 11.9. The van der Waals surface area contributed by atoms with Crippen molar-refractivity contribution in [2.45, 2.75) is 18.6 Å². The summed E-state index contributed by atoms with van der Waals surface area (Å²) in [5.41, 5.74) is 1.44. The lowest BCUT2D eigenvalue weighted by atomic mass is 9.98. The van der Waals surface area contributed by atoms with Gasteiger partial charge in [0.05, 0.1) is 6.10 Å². The van der Waals surface area contributed by atoms with Crippen LogP contribution in [0.1, 0.15) is 17.2 Å². The Bertz CT molecular complexity index is 543. The number of aliphatic hydroxyl groups is 2. The molecule has 0 aliphatic heterocycles. The fraction of sp³-hybridized carbons (Fsp3) is 0.200. The first kappa shape index (κ1) is 14.4. The van der Waals surface area contributed by atoms with E-state index >= 15 is 0 Å². The molecular formula is C15H14Cl2O2. The van der Waals surface area contributed by atoms with Crippen molar-refractivity contribution in [1.29, 1.82) is 0 Å². The monoisotopic (exact) mass is 296 g/mol. The number of benzene rings is 2. The topological polar surface area (TPSA) is 40.5 Å². The van der Waals surface area contributed by atoms with E-state index in [0.29, 0.717) is 15.6 Å². The van der Waals surface area contributed by atoms with Crippen LogP contribution in [0.2, 0.25) is 10.0 Å². The predicted octanol–water partition coefficient (Wildman–Crippen LogP) is 3.63. The lowest BCUT2D eigenvalue weighted by molar-refractivity contribution is 0.0190. The van der Waals surface area contributed by atoms with Crippen LogP contribution in [0.25, 0.3) is 0 Å².